The SMILES string of the molecule is Brc1cccc2c1SC1=CC=CCC12. The summed E-state index contributed by atoms with van der Waals surface area (Å²) < 4.78 is 1.23. The van der Waals surface area contributed by atoms with Crippen molar-refractivity contribution in [2.75, 3.05) is 0 Å². The second kappa shape index (κ2) is 3.28. The van der Waals surface area contributed by atoms with E-state index in [9.17, 15) is 0 Å². The molecule has 1 aliphatic carbocycles. The molecule has 0 radical (unpaired) electrons. The van der Waals surface area contributed by atoms with E-state index in [4.69, 9.17) is 0 Å². The molecule has 1 heterocycles. The predicted octanol–water partition coefficient (Wildman–Crippen LogP) is 4.48. The van der Waals surface area contributed by atoms with Crippen LogP contribution in [-0.4, -0.2) is 0 Å². The monoisotopic (exact) mass is 264 g/mol. The maximum absolute atomic E-state index is 3.61. The Morgan fingerprint density at radius 2 is 2.29 bits per heavy atom. The van der Waals surface area contributed by atoms with Gasteiger partial charge in [-0.25, -0.2) is 0 Å². The van der Waals surface area contributed by atoms with Gasteiger partial charge in [-0.1, -0.05) is 42.1 Å². The Morgan fingerprint density at radius 1 is 1.36 bits per heavy atom. The number of hydrogen-bond donors (Lipinski definition) is 0. The van der Waals surface area contributed by atoms with Gasteiger partial charge in [0.1, 0.15) is 0 Å². The van der Waals surface area contributed by atoms with E-state index in [-0.39, 0.29) is 0 Å². The minimum Gasteiger partial charge on any atom is -0.0924 e. The highest BCUT2D eigenvalue weighted by Crippen LogP contribution is 2.53. The van der Waals surface area contributed by atoms with Crippen LogP contribution in [0.1, 0.15) is 17.9 Å². The molecule has 0 amide bonds. The van der Waals surface area contributed by atoms with Gasteiger partial charge in [0.2, 0.25) is 0 Å². The molecule has 1 unspecified atom stereocenters. The first kappa shape index (κ1) is 8.81. The molecular formula is C12H9BrS. The largest absolute Gasteiger partial charge is 0.0924 e. The highest BCUT2D eigenvalue weighted by Gasteiger charge is 2.29. The maximum atomic E-state index is 3.61. The van der Waals surface area contributed by atoms with E-state index < -0.39 is 0 Å². The number of fused-ring (bicyclic) bond motifs is 3. The molecule has 2 heteroatoms. The maximum Gasteiger partial charge on any atom is 0.0317 e. The molecule has 0 nitrogen and oxygen atoms in total. The molecule has 0 saturated carbocycles. The topological polar surface area (TPSA) is 0 Å². The van der Waals surface area contributed by atoms with Gasteiger partial charge in [-0.2, -0.15) is 0 Å². The van der Waals surface area contributed by atoms with Gasteiger partial charge in [-0.15, -0.1) is 0 Å². The molecule has 0 spiro atoms. The van der Waals surface area contributed by atoms with Crippen LogP contribution in [0.25, 0.3) is 0 Å². The molecule has 0 N–H and O–H groups in total. The standard InChI is InChI=1S/C12H9BrS/c13-10-6-3-5-9-8-4-1-2-7-11(8)14-12(9)10/h1-3,5-8H,4H2. The van der Waals surface area contributed by atoms with Gasteiger partial charge in [0.15, 0.2) is 0 Å². The van der Waals surface area contributed by atoms with Crippen LogP contribution in [-0.2, 0) is 0 Å². The van der Waals surface area contributed by atoms with Crippen LogP contribution < -0.4 is 0 Å². The van der Waals surface area contributed by atoms with Gasteiger partial charge in [0, 0.05) is 15.3 Å². The first-order valence-corrected chi connectivity index (χ1v) is 6.30. The number of rotatable bonds is 0. The summed E-state index contributed by atoms with van der Waals surface area (Å²) in [6, 6.07) is 6.50. The summed E-state index contributed by atoms with van der Waals surface area (Å²) in [7, 11) is 0. The summed E-state index contributed by atoms with van der Waals surface area (Å²) in [5.41, 5.74) is 1.49. The number of thioether (sulfide) groups is 1. The van der Waals surface area contributed by atoms with Gasteiger partial charge in [-0.3, -0.25) is 0 Å². The summed E-state index contributed by atoms with van der Waals surface area (Å²) in [6.45, 7) is 0. The molecule has 1 atom stereocenters. The lowest BCUT2D eigenvalue weighted by atomic mass is 9.93. The third-order valence-electron chi connectivity index (χ3n) is 2.70. The third kappa shape index (κ3) is 1.21. The van der Waals surface area contributed by atoms with Gasteiger partial charge >= 0.3 is 0 Å². The lowest BCUT2D eigenvalue weighted by Crippen LogP contribution is -1.96. The zero-order valence-electron chi connectivity index (χ0n) is 7.53. The fraction of sp³-hybridized carbons (Fsp3) is 0.167. The minimum absolute atomic E-state index is 0.623. The van der Waals surface area contributed by atoms with Crippen LogP contribution in [0.4, 0.5) is 0 Å². The molecule has 14 heavy (non-hydrogen) atoms. The molecular weight excluding hydrogens is 256 g/mol. The van der Waals surface area contributed by atoms with E-state index in [1.165, 1.54) is 19.8 Å². The van der Waals surface area contributed by atoms with Crippen LogP contribution in [0.5, 0.6) is 0 Å². The van der Waals surface area contributed by atoms with Crippen molar-refractivity contribution in [2.45, 2.75) is 17.2 Å². The van der Waals surface area contributed by atoms with E-state index in [1.807, 2.05) is 11.8 Å². The highest BCUT2D eigenvalue weighted by atomic mass is 79.9. The normalized spacial score (nSPS) is 22.9. The molecule has 1 aromatic rings. The van der Waals surface area contributed by atoms with Gasteiger partial charge < -0.3 is 0 Å². The highest BCUT2D eigenvalue weighted by molar-refractivity contribution is 9.10. The Kier molecular flexibility index (Phi) is 2.06. The van der Waals surface area contributed by atoms with E-state index in [0.717, 1.165) is 6.42 Å². The summed E-state index contributed by atoms with van der Waals surface area (Å²) in [5.74, 6) is 0.623. The molecule has 2 aliphatic rings. The first-order valence-electron chi connectivity index (χ1n) is 4.69. The smallest absolute Gasteiger partial charge is 0.0317 e. The van der Waals surface area contributed by atoms with E-state index in [2.05, 4.69) is 52.4 Å². The summed E-state index contributed by atoms with van der Waals surface area (Å²) in [4.78, 5) is 2.90. The van der Waals surface area contributed by atoms with Gasteiger partial charge in [-0.05, 0) is 38.9 Å². The van der Waals surface area contributed by atoms with Crippen molar-refractivity contribution in [3.8, 4) is 0 Å². The Labute approximate surface area is 96.2 Å². The second-order valence-corrected chi connectivity index (χ2v) is 5.48. The van der Waals surface area contributed by atoms with Crippen molar-refractivity contribution < 1.29 is 0 Å². The molecule has 0 saturated heterocycles. The average molecular weight is 265 g/mol. The third-order valence-corrected chi connectivity index (χ3v) is 4.94. The Morgan fingerprint density at radius 3 is 3.21 bits per heavy atom. The number of allylic oxidation sites excluding steroid dienone is 4. The Hall–Kier alpha value is -0.470. The van der Waals surface area contributed by atoms with E-state index in [1.54, 1.807) is 0 Å². The number of benzene rings is 1. The van der Waals surface area contributed by atoms with Crippen LogP contribution in [0.2, 0.25) is 0 Å². The summed E-state index contributed by atoms with van der Waals surface area (Å²) >= 11 is 5.52. The molecule has 0 fully saturated rings. The van der Waals surface area contributed by atoms with Crippen LogP contribution in [0, 0.1) is 0 Å². The molecule has 1 aliphatic heterocycles. The Balaban J connectivity index is 2.17. The molecule has 0 bridgehead atoms. The quantitative estimate of drug-likeness (QED) is 0.666. The lowest BCUT2D eigenvalue weighted by molar-refractivity contribution is 0.836. The minimum atomic E-state index is 0.623. The molecule has 0 aromatic heterocycles. The van der Waals surface area contributed by atoms with Crippen molar-refractivity contribution >= 4 is 27.7 Å². The van der Waals surface area contributed by atoms with Crippen molar-refractivity contribution in [3.05, 3.63) is 51.4 Å². The van der Waals surface area contributed by atoms with Crippen LogP contribution in [0.3, 0.4) is 0 Å². The van der Waals surface area contributed by atoms with Crippen molar-refractivity contribution in [3.63, 3.8) is 0 Å². The second-order valence-electron chi connectivity index (χ2n) is 3.55. The number of halogens is 1. The van der Waals surface area contributed by atoms with Crippen LogP contribution in [0.15, 0.2) is 50.7 Å². The van der Waals surface area contributed by atoms with Crippen LogP contribution >= 0.6 is 27.7 Å². The summed E-state index contributed by atoms with van der Waals surface area (Å²) in [5, 5.41) is 0. The zero-order valence-corrected chi connectivity index (χ0v) is 9.94. The van der Waals surface area contributed by atoms with Crippen molar-refractivity contribution in [1.82, 2.24) is 0 Å². The van der Waals surface area contributed by atoms with Gasteiger partial charge in [0.05, 0.1) is 0 Å². The Bertz CT molecular complexity index is 446. The molecule has 70 valence electrons. The lowest BCUT2D eigenvalue weighted by Gasteiger charge is -2.12. The first-order chi connectivity index (χ1) is 6.86. The van der Waals surface area contributed by atoms with Gasteiger partial charge in [0.25, 0.3) is 0 Å². The average Bonchev–Trinajstić information content (AvgIpc) is 2.59. The fourth-order valence-electron chi connectivity index (χ4n) is 2.02. The van der Waals surface area contributed by atoms with E-state index >= 15 is 0 Å². The number of hydrogen-bond acceptors (Lipinski definition) is 1. The fourth-order valence-corrected chi connectivity index (χ4v) is 3.89. The van der Waals surface area contributed by atoms with Crippen molar-refractivity contribution in [1.29, 1.82) is 0 Å². The molecule has 1 aromatic carbocycles. The predicted molar refractivity (Wildman–Crippen MR) is 64.6 cm³/mol. The van der Waals surface area contributed by atoms with Crippen molar-refractivity contribution in [2.24, 2.45) is 0 Å². The zero-order chi connectivity index (χ0) is 9.54. The molecule has 3 rings (SSSR count). The summed E-state index contributed by atoms with van der Waals surface area (Å²) in [6.07, 6.45) is 7.82. The van der Waals surface area contributed by atoms with E-state index in [0.29, 0.717) is 5.92 Å².